The van der Waals surface area contributed by atoms with Gasteiger partial charge in [-0.25, -0.2) is 4.39 Å². The SMILES string of the molecule is O=C(Cc1ccccc1F)Nc1ccc2c(c1)CN(C(=O)c1ccoc1)CC2. The molecule has 4 rings (SSSR count). The summed E-state index contributed by atoms with van der Waals surface area (Å²) < 4.78 is 18.7. The average Bonchev–Trinajstić information content (AvgIpc) is 3.23. The predicted molar refractivity (Wildman–Crippen MR) is 102 cm³/mol. The first kappa shape index (κ1) is 18.0. The molecule has 0 saturated heterocycles. The van der Waals surface area contributed by atoms with Crippen LogP contribution in [-0.4, -0.2) is 23.3 Å². The summed E-state index contributed by atoms with van der Waals surface area (Å²) in [6.45, 7) is 1.10. The number of amides is 2. The maximum Gasteiger partial charge on any atom is 0.257 e. The molecule has 0 aliphatic carbocycles. The van der Waals surface area contributed by atoms with Crippen molar-refractivity contribution in [3.05, 3.63) is 89.1 Å². The number of carbonyl (C=O) groups excluding carboxylic acids is 2. The number of hydrogen-bond donors (Lipinski definition) is 1. The highest BCUT2D eigenvalue weighted by Crippen LogP contribution is 2.24. The Balaban J connectivity index is 1.45. The second kappa shape index (κ2) is 7.68. The smallest absolute Gasteiger partial charge is 0.257 e. The summed E-state index contributed by atoms with van der Waals surface area (Å²) in [6, 6.07) is 13.6. The molecule has 2 amide bonds. The Morgan fingerprint density at radius 1 is 1.11 bits per heavy atom. The van der Waals surface area contributed by atoms with Crippen molar-refractivity contribution < 1.29 is 18.4 Å². The molecule has 28 heavy (non-hydrogen) atoms. The van der Waals surface area contributed by atoms with Gasteiger partial charge in [0.15, 0.2) is 0 Å². The summed E-state index contributed by atoms with van der Waals surface area (Å²) >= 11 is 0. The van der Waals surface area contributed by atoms with Crippen LogP contribution in [0.1, 0.15) is 27.0 Å². The molecule has 0 atom stereocenters. The van der Waals surface area contributed by atoms with Crippen LogP contribution in [-0.2, 0) is 24.2 Å². The van der Waals surface area contributed by atoms with Gasteiger partial charge in [0.2, 0.25) is 5.91 Å². The number of anilines is 1. The first-order chi connectivity index (χ1) is 13.6. The third kappa shape index (κ3) is 3.81. The van der Waals surface area contributed by atoms with E-state index >= 15 is 0 Å². The zero-order valence-corrected chi connectivity index (χ0v) is 15.2. The van der Waals surface area contributed by atoms with E-state index in [-0.39, 0.29) is 18.2 Å². The van der Waals surface area contributed by atoms with Gasteiger partial charge in [-0.3, -0.25) is 9.59 Å². The highest BCUT2D eigenvalue weighted by atomic mass is 19.1. The summed E-state index contributed by atoms with van der Waals surface area (Å²) in [5.41, 5.74) is 3.67. The fourth-order valence-electron chi connectivity index (χ4n) is 3.40. The van der Waals surface area contributed by atoms with E-state index in [9.17, 15) is 14.0 Å². The van der Waals surface area contributed by atoms with E-state index in [4.69, 9.17) is 4.42 Å². The van der Waals surface area contributed by atoms with Gasteiger partial charge in [-0.1, -0.05) is 24.3 Å². The van der Waals surface area contributed by atoms with Crippen LogP contribution in [0.5, 0.6) is 0 Å². The molecule has 2 aromatic carbocycles. The van der Waals surface area contributed by atoms with Crippen molar-refractivity contribution in [3.8, 4) is 0 Å². The van der Waals surface area contributed by atoms with Crippen molar-refractivity contribution in [1.29, 1.82) is 0 Å². The molecule has 6 heteroatoms. The van der Waals surface area contributed by atoms with E-state index < -0.39 is 5.82 Å². The molecule has 1 aromatic heterocycles. The molecular formula is C22H19FN2O3. The number of rotatable bonds is 4. The van der Waals surface area contributed by atoms with Crippen molar-refractivity contribution in [2.45, 2.75) is 19.4 Å². The molecule has 0 radical (unpaired) electrons. The second-order valence-electron chi connectivity index (χ2n) is 6.79. The molecular weight excluding hydrogens is 359 g/mol. The van der Waals surface area contributed by atoms with Gasteiger partial charge in [0.1, 0.15) is 12.1 Å². The molecule has 1 aliphatic heterocycles. The van der Waals surface area contributed by atoms with Crippen LogP contribution in [0.15, 0.2) is 65.5 Å². The van der Waals surface area contributed by atoms with Gasteiger partial charge >= 0.3 is 0 Å². The average molecular weight is 378 g/mol. The molecule has 0 bridgehead atoms. The first-order valence-corrected chi connectivity index (χ1v) is 9.06. The van der Waals surface area contributed by atoms with E-state index in [2.05, 4.69) is 5.32 Å². The number of nitrogens with zero attached hydrogens (tertiary/aromatic N) is 1. The third-order valence-corrected chi connectivity index (χ3v) is 4.87. The lowest BCUT2D eigenvalue weighted by Crippen LogP contribution is -2.35. The Bertz CT molecular complexity index is 1010. The van der Waals surface area contributed by atoms with E-state index in [0.29, 0.717) is 29.9 Å². The van der Waals surface area contributed by atoms with Crippen molar-refractivity contribution in [1.82, 2.24) is 4.90 Å². The van der Waals surface area contributed by atoms with E-state index in [1.807, 2.05) is 18.2 Å². The number of hydrogen-bond acceptors (Lipinski definition) is 3. The fourth-order valence-corrected chi connectivity index (χ4v) is 3.40. The Hall–Kier alpha value is -3.41. The number of fused-ring (bicyclic) bond motifs is 1. The number of halogens is 1. The molecule has 0 spiro atoms. The van der Waals surface area contributed by atoms with Gasteiger partial charge < -0.3 is 14.6 Å². The molecule has 2 heterocycles. The summed E-state index contributed by atoms with van der Waals surface area (Å²) in [7, 11) is 0. The summed E-state index contributed by atoms with van der Waals surface area (Å²) in [5.74, 6) is -0.753. The second-order valence-corrected chi connectivity index (χ2v) is 6.79. The van der Waals surface area contributed by atoms with Crippen LogP contribution >= 0.6 is 0 Å². The van der Waals surface area contributed by atoms with Crippen LogP contribution in [0.2, 0.25) is 0 Å². The van der Waals surface area contributed by atoms with E-state index in [1.54, 1.807) is 29.2 Å². The molecule has 3 aromatic rings. The Kier molecular flexibility index (Phi) is 4.93. The van der Waals surface area contributed by atoms with Gasteiger partial charge in [-0.15, -0.1) is 0 Å². The molecule has 0 fully saturated rings. The third-order valence-electron chi connectivity index (χ3n) is 4.87. The van der Waals surface area contributed by atoms with Crippen molar-refractivity contribution in [2.75, 3.05) is 11.9 Å². The Morgan fingerprint density at radius 2 is 1.96 bits per heavy atom. The highest BCUT2D eigenvalue weighted by Gasteiger charge is 2.22. The normalized spacial score (nSPS) is 13.1. The maximum atomic E-state index is 13.7. The van der Waals surface area contributed by atoms with Crippen LogP contribution in [0.4, 0.5) is 10.1 Å². The monoisotopic (exact) mass is 378 g/mol. The molecule has 5 nitrogen and oxygen atoms in total. The summed E-state index contributed by atoms with van der Waals surface area (Å²) in [4.78, 5) is 26.6. The van der Waals surface area contributed by atoms with E-state index in [1.165, 1.54) is 18.6 Å². The number of benzene rings is 2. The zero-order valence-electron chi connectivity index (χ0n) is 15.2. The topological polar surface area (TPSA) is 62.6 Å². The molecule has 142 valence electrons. The number of carbonyl (C=O) groups is 2. The number of furan rings is 1. The minimum absolute atomic E-state index is 0.0329. The van der Waals surface area contributed by atoms with E-state index in [0.717, 1.165) is 17.5 Å². The quantitative estimate of drug-likeness (QED) is 0.751. The summed E-state index contributed by atoms with van der Waals surface area (Å²) in [6.07, 6.45) is 3.64. The highest BCUT2D eigenvalue weighted by molar-refractivity contribution is 5.94. The lowest BCUT2D eigenvalue weighted by Gasteiger charge is -2.29. The van der Waals surface area contributed by atoms with Crippen LogP contribution in [0, 0.1) is 5.82 Å². The molecule has 0 unspecified atom stereocenters. The summed E-state index contributed by atoms with van der Waals surface area (Å²) in [5, 5.41) is 2.82. The lowest BCUT2D eigenvalue weighted by atomic mass is 9.98. The predicted octanol–water partition coefficient (Wildman–Crippen LogP) is 3.80. The zero-order chi connectivity index (χ0) is 19.5. The van der Waals surface area contributed by atoms with Gasteiger partial charge in [0, 0.05) is 18.8 Å². The van der Waals surface area contributed by atoms with Crippen LogP contribution in [0.3, 0.4) is 0 Å². The lowest BCUT2D eigenvalue weighted by molar-refractivity contribution is -0.115. The van der Waals surface area contributed by atoms with Crippen molar-refractivity contribution in [2.24, 2.45) is 0 Å². The Morgan fingerprint density at radius 3 is 2.75 bits per heavy atom. The Labute approximate surface area is 161 Å². The molecule has 0 saturated carbocycles. The van der Waals surface area contributed by atoms with Crippen LogP contribution < -0.4 is 5.32 Å². The molecule has 1 N–H and O–H groups in total. The fraction of sp³-hybridized carbons (Fsp3) is 0.182. The van der Waals surface area contributed by atoms with Crippen molar-refractivity contribution >= 4 is 17.5 Å². The van der Waals surface area contributed by atoms with Gasteiger partial charge in [0.05, 0.1) is 18.2 Å². The van der Waals surface area contributed by atoms with Crippen LogP contribution in [0.25, 0.3) is 0 Å². The maximum absolute atomic E-state index is 13.7. The minimum Gasteiger partial charge on any atom is -0.472 e. The molecule has 1 aliphatic rings. The largest absolute Gasteiger partial charge is 0.472 e. The first-order valence-electron chi connectivity index (χ1n) is 9.06. The standard InChI is InChI=1S/C22H19FN2O3/c23-20-4-2-1-3-16(20)12-21(26)24-19-6-5-15-7-9-25(13-18(15)11-19)22(27)17-8-10-28-14-17/h1-6,8,10-11,14H,7,9,12-13H2,(H,24,26). The van der Waals surface area contributed by atoms with Gasteiger partial charge in [0.25, 0.3) is 5.91 Å². The minimum atomic E-state index is -0.392. The number of nitrogens with one attached hydrogen (secondary N) is 1. The van der Waals surface area contributed by atoms with Crippen molar-refractivity contribution in [3.63, 3.8) is 0 Å². The van der Waals surface area contributed by atoms with Gasteiger partial charge in [-0.05, 0) is 47.4 Å². The van der Waals surface area contributed by atoms with Gasteiger partial charge in [-0.2, -0.15) is 0 Å².